The maximum absolute atomic E-state index is 13.7. The van der Waals surface area contributed by atoms with Crippen molar-refractivity contribution < 1.29 is 8.78 Å². The van der Waals surface area contributed by atoms with Gasteiger partial charge in [-0.05, 0) is 43.2 Å². The Morgan fingerprint density at radius 3 is 2.30 bits per heavy atom. The molecule has 2 nitrogen and oxygen atoms in total. The number of hydrogen-bond donors (Lipinski definition) is 2. The molecule has 0 bridgehead atoms. The van der Waals surface area contributed by atoms with Crippen molar-refractivity contribution in [3.05, 3.63) is 35.4 Å². The van der Waals surface area contributed by atoms with Gasteiger partial charge >= 0.3 is 0 Å². The van der Waals surface area contributed by atoms with Crippen molar-refractivity contribution in [1.82, 2.24) is 5.43 Å². The van der Waals surface area contributed by atoms with Gasteiger partial charge in [0.1, 0.15) is 11.6 Å². The van der Waals surface area contributed by atoms with Crippen molar-refractivity contribution in [1.29, 1.82) is 0 Å². The summed E-state index contributed by atoms with van der Waals surface area (Å²) in [5, 5.41) is 0. The van der Waals surface area contributed by atoms with Gasteiger partial charge in [0.2, 0.25) is 0 Å². The molecule has 20 heavy (non-hydrogen) atoms. The first-order valence-corrected chi connectivity index (χ1v) is 7.54. The summed E-state index contributed by atoms with van der Waals surface area (Å²) >= 11 is 0. The third kappa shape index (κ3) is 3.55. The molecule has 0 heterocycles. The molecule has 1 saturated carbocycles. The van der Waals surface area contributed by atoms with Crippen LogP contribution in [0.5, 0.6) is 0 Å². The van der Waals surface area contributed by atoms with E-state index in [9.17, 15) is 8.78 Å². The van der Waals surface area contributed by atoms with Crippen LogP contribution < -0.4 is 11.3 Å². The summed E-state index contributed by atoms with van der Waals surface area (Å²) in [6.07, 6.45) is 6.09. The van der Waals surface area contributed by atoms with Crippen LogP contribution in [0.2, 0.25) is 0 Å². The Morgan fingerprint density at radius 2 is 1.80 bits per heavy atom. The third-order valence-corrected chi connectivity index (χ3v) is 4.74. The zero-order valence-electron chi connectivity index (χ0n) is 12.0. The molecule has 0 spiro atoms. The molecular formula is C16H24F2N2. The quantitative estimate of drug-likeness (QED) is 0.640. The molecule has 0 amide bonds. The zero-order valence-corrected chi connectivity index (χ0v) is 12.0. The minimum absolute atomic E-state index is 0.0563. The Balaban J connectivity index is 2.02. The van der Waals surface area contributed by atoms with Gasteiger partial charge in [-0.2, -0.15) is 0 Å². The van der Waals surface area contributed by atoms with Gasteiger partial charge in [-0.15, -0.1) is 0 Å². The minimum atomic E-state index is -0.479. The predicted molar refractivity (Wildman–Crippen MR) is 76.9 cm³/mol. The SMILES string of the molecule is CCC1CCC(C(Cc2c(F)cccc2F)NN)CC1. The Labute approximate surface area is 119 Å². The first-order chi connectivity index (χ1) is 9.65. The molecule has 0 saturated heterocycles. The van der Waals surface area contributed by atoms with Gasteiger partial charge in [-0.25, -0.2) is 8.78 Å². The van der Waals surface area contributed by atoms with E-state index in [1.807, 2.05) is 0 Å². The summed E-state index contributed by atoms with van der Waals surface area (Å²) < 4.78 is 27.4. The molecule has 4 heteroatoms. The summed E-state index contributed by atoms with van der Waals surface area (Å²) in [5.41, 5.74) is 2.92. The lowest BCUT2D eigenvalue weighted by Crippen LogP contribution is -2.44. The molecule has 1 aliphatic rings. The maximum atomic E-state index is 13.7. The number of nitrogens with one attached hydrogen (secondary N) is 1. The summed E-state index contributed by atoms with van der Waals surface area (Å²) in [5.74, 6) is 5.87. The molecule has 2 rings (SSSR count). The first kappa shape index (κ1) is 15.4. The summed E-state index contributed by atoms with van der Waals surface area (Å²) in [7, 11) is 0. The number of hydrazine groups is 1. The molecule has 1 aromatic carbocycles. The molecule has 1 atom stereocenters. The molecule has 1 fully saturated rings. The highest BCUT2D eigenvalue weighted by atomic mass is 19.1. The molecule has 3 N–H and O–H groups in total. The monoisotopic (exact) mass is 282 g/mol. The van der Waals surface area contributed by atoms with Crippen LogP contribution in [0.3, 0.4) is 0 Å². The van der Waals surface area contributed by atoms with E-state index in [-0.39, 0.29) is 11.6 Å². The van der Waals surface area contributed by atoms with Crippen LogP contribution >= 0.6 is 0 Å². The van der Waals surface area contributed by atoms with Crippen molar-refractivity contribution in [3.63, 3.8) is 0 Å². The lowest BCUT2D eigenvalue weighted by molar-refractivity contribution is 0.215. The van der Waals surface area contributed by atoms with Gasteiger partial charge in [0.25, 0.3) is 0 Å². The van der Waals surface area contributed by atoms with Crippen LogP contribution in [0, 0.1) is 23.5 Å². The van der Waals surface area contributed by atoms with Crippen LogP contribution in [0.15, 0.2) is 18.2 Å². The third-order valence-electron chi connectivity index (χ3n) is 4.74. The average Bonchev–Trinajstić information content (AvgIpc) is 2.47. The highest BCUT2D eigenvalue weighted by Gasteiger charge is 2.27. The molecule has 1 aliphatic carbocycles. The fourth-order valence-corrected chi connectivity index (χ4v) is 3.31. The normalized spacial score (nSPS) is 24.6. The number of benzene rings is 1. The van der Waals surface area contributed by atoms with Gasteiger partial charge < -0.3 is 0 Å². The molecular weight excluding hydrogens is 258 g/mol. The summed E-state index contributed by atoms with van der Waals surface area (Å²) in [6.45, 7) is 2.22. The number of halogens is 2. The largest absolute Gasteiger partial charge is 0.271 e. The van der Waals surface area contributed by atoms with Crippen molar-refractivity contribution in [2.75, 3.05) is 0 Å². The van der Waals surface area contributed by atoms with E-state index in [1.165, 1.54) is 37.5 Å². The van der Waals surface area contributed by atoms with E-state index in [2.05, 4.69) is 12.3 Å². The second-order valence-corrected chi connectivity index (χ2v) is 5.87. The Hall–Kier alpha value is -1.00. The Kier molecular flexibility index (Phi) is 5.49. The van der Waals surface area contributed by atoms with E-state index < -0.39 is 11.6 Å². The summed E-state index contributed by atoms with van der Waals surface area (Å²) in [6, 6.07) is 3.95. The molecule has 0 aromatic heterocycles. The van der Waals surface area contributed by atoms with Gasteiger partial charge in [-0.3, -0.25) is 11.3 Å². The smallest absolute Gasteiger partial charge is 0.129 e. The van der Waals surface area contributed by atoms with Crippen LogP contribution in [0.1, 0.15) is 44.6 Å². The van der Waals surface area contributed by atoms with E-state index in [4.69, 9.17) is 5.84 Å². The number of hydrogen-bond acceptors (Lipinski definition) is 2. The van der Waals surface area contributed by atoms with Gasteiger partial charge in [0.05, 0.1) is 0 Å². The summed E-state index contributed by atoms with van der Waals surface area (Å²) in [4.78, 5) is 0. The van der Waals surface area contributed by atoms with Gasteiger partial charge in [0.15, 0.2) is 0 Å². The minimum Gasteiger partial charge on any atom is -0.271 e. The highest BCUT2D eigenvalue weighted by molar-refractivity contribution is 5.21. The van der Waals surface area contributed by atoms with E-state index >= 15 is 0 Å². The van der Waals surface area contributed by atoms with Crippen molar-refractivity contribution in [2.45, 2.75) is 51.5 Å². The number of rotatable bonds is 5. The fourth-order valence-electron chi connectivity index (χ4n) is 3.31. The van der Waals surface area contributed by atoms with Crippen molar-refractivity contribution >= 4 is 0 Å². The molecule has 0 radical (unpaired) electrons. The topological polar surface area (TPSA) is 38.0 Å². The van der Waals surface area contributed by atoms with E-state index in [0.717, 1.165) is 18.8 Å². The van der Waals surface area contributed by atoms with E-state index in [1.54, 1.807) is 0 Å². The van der Waals surface area contributed by atoms with Crippen LogP contribution in [0.25, 0.3) is 0 Å². The molecule has 0 aliphatic heterocycles. The highest BCUT2D eigenvalue weighted by Crippen LogP contribution is 2.33. The predicted octanol–water partition coefficient (Wildman–Crippen LogP) is 3.56. The Bertz CT molecular complexity index is 408. The van der Waals surface area contributed by atoms with Gasteiger partial charge in [-0.1, -0.05) is 32.3 Å². The second-order valence-electron chi connectivity index (χ2n) is 5.87. The van der Waals surface area contributed by atoms with Gasteiger partial charge in [0, 0.05) is 11.6 Å². The first-order valence-electron chi connectivity index (χ1n) is 7.54. The van der Waals surface area contributed by atoms with Crippen LogP contribution in [-0.2, 0) is 6.42 Å². The zero-order chi connectivity index (χ0) is 14.5. The molecule has 112 valence electrons. The van der Waals surface area contributed by atoms with Crippen LogP contribution in [-0.4, -0.2) is 6.04 Å². The van der Waals surface area contributed by atoms with E-state index in [0.29, 0.717) is 12.3 Å². The van der Waals surface area contributed by atoms with Crippen molar-refractivity contribution in [3.8, 4) is 0 Å². The van der Waals surface area contributed by atoms with Crippen molar-refractivity contribution in [2.24, 2.45) is 17.7 Å². The maximum Gasteiger partial charge on any atom is 0.129 e. The average molecular weight is 282 g/mol. The second kappa shape index (κ2) is 7.14. The molecule has 1 unspecified atom stereocenters. The lowest BCUT2D eigenvalue weighted by Gasteiger charge is -2.33. The van der Waals surface area contributed by atoms with Crippen LogP contribution in [0.4, 0.5) is 8.78 Å². The Morgan fingerprint density at radius 1 is 1.20 bits per heavy atom. The molecule has 1 aromatic rings. The standard InChI is InChI=1S/C16H24F2N2/c1-2-11-6-8-12(9-7-11)16(20-19)10-13-14(17)4-3-5-15(13)18/h3-5,11-12,16,20H,2,6-10,19H2,1H3. The number of nitrogens with two attached hydrogens (primary N) is 1. The fraction of sp³-hybridized carbons (Fsp3) is 0.625. The lowest BCUT2D eigenvalue weighted by atomic mass is 9.76.